The summed E-state index contributed by atoms with van der Waals surface area (Å²) in [5.74, 6) is 0.895. The Bertz CT molecular complexity index is 106. The van der Waals surface area contributed by atoms with E-state index in [0.717, 1.165) is 12.5 Å². The van der Waals surface area contributed by atoms with Crippen molar-refractivity contribution in [2.75, 3.05) is 20.3 Å². The van der Waals surface area contributed by atoms with Crippen LogP contribution in [0.4, 0.5) is 0 Å². The quantitative estimate of drug-likeness (QED) is 0.669. The topological polar surface area (TPSA) is 21.3 Å². The van der Waals surface area contributed by atoms with Gasteiger partial charge < -0.3 is 10.1 Å². The highest BCUT2D eigenvalue weighted by molar-refractivity contribution is 4.74. The van der Waals surface area contributed by atoms with Gasteiger partial charge in [-0.05, 0) is 38.6 Å². The Morgan fingerprint density at radius 1 is 1.55 bits per heavy atom. The molecule has 1 saturated heterocycles. The van der Waals surface area contributed by atoms with Gasteiger partial charge in [-0.1, -0.05) is 0 Å². The van der Waals surface area contributed by atoms with Crippen LogP contribution in [-0.2, 0) is 4.74 Å². The van der Waals surface area contributed by atoms with Crippen molar-refractivity contribution in [3.05, 3.63) is 0 Å². The zero-order valence-corrected chi connectivity index (χ0v) is 7.60. The minimum absolute atomic E-state index is 0.714. The fourth-order valence-corrected chi connectivity index (χ4v) is 1.78. The second-order valence-corrected chi connectivity index (χ2v) is 3.53. The third-order valence-corrected chi connectivity index (χ3v) is 2.46. The SMILES string of the molecule is COCCC1CCNC(C)C1. The van der Waals surface area contributed by atoms with Crippen LogP contribution in [0.2, 0.25) is 0 Å². The van der Waals surface area contributed by atoms with E-state index in [-0.39, 0.29) is 0 Å². The standard InChI is InChI=1S/C9H19NO/c1-8-7-9(3-5-10-8)4-6-11-2/h8-10H,3-7H2,1-2H3. The van der Waals surface area contributed by atoms with Crippen LogP contribution in [0, 0.1) is 5.92 Å². The summed E-state index contributed by atoms with van der Waals surface area (Å²) in [5, 5.41) is 3.45. The third-order valence-electron chi connectivity index (χ3n) is 2.46. The van der Waals surface area contributed by atoms with Gasteiger partial charge in [-0.3, -0.25) is 0 Å². The molecule has 0 aromatic carbocycles. The molecule has 1 rings (SSSR count). The second-order valence-electron chi connectivity index (χ2n) is 3.53. The monoisotopic (exact) mass is 157 g/mol. The molecule has 0 bridgehead atoms. The van der Waals surface area contributed by atoms with E-state index in [0.29, 0.717) is 6.04 Å². The van der Waals surface area contributed by atoms with Crippen LogP contribution in [0.15, 0.2) is 0 Å². The van der Waals surface area contributed by atoms with Crippen molar-refractivity contribution in [1.29, 1.82) is 0 Å². The van der Waals surface area contributed by atoms with E-state index in [4.69, 9.17) is 4.74 Å². The molecule has 1 N–H and O–H groups in total. The molecule has 0 aromatic heterocycles. The van der Waals surface area contributed by atoms with Crippen LogP contribution in [0.5, 0.6) is 0 Å². The number of ether oxygens (including phenoxy) is 1. The number of hydrogen-bond donors (Lipinski definition) is 1. The summed E-state index contributed by atoms with van der Waals surface area (Å²) in [6, 6.07) is 0.714. The Balaban J connectivity index is 2.12. The summed E-state index contributed by atoms with van der Waals surface area (Å²) in [7, 11) is 1.78. The van der Waals surface area contributed by atoms with Crippen LogP contribution in [0.25, 0.3) is 0 Å². The summed E-state index contributed by atoms with van der Waals surface area (Å²) in [6.45, 7) is 4.38. The predicted octanol–water partition coefficient (Wildman–Crippen LogP) is 1.41. The van der Waals surface area contributed by atoms with Gasteiger partial charge in [-0.2, -0.15) is 0 Å². The summed E-state index contributed by atoms with van der Waals surface area (Å²) in [5.41, 5.74) is 0. The first-order valence-corrected chi connectivity index (χ1v) is 4.55. The summed E-state index contributed by atoms with van der Waals surface area (Å²) >= 11 is 0. The minimum Gasteiger partial charge on any atom is -0.385 e. The van der Waals surface area contributed by atoms with Gasteiger partial charge in [0.25, 0.3) is 0 Å². The largest absolute Gasteiger partial charge is 0.385 e. The summed E-state index contributed by atoms with van der Waals surface area (Å²) in [6.07, 6.45) is 3.89. The lowest BCUT2D eigenvalue weighted by molar-refractivity contribution is 0.162. The average molecular weight is 157 g/mol. The van der Waals surface area contributed by atoms with Crippen LogP contribution in [-0.4, -0.2) is 26.3 Å². The van der Waals surface area contributed by atoms with E-state index in [9.17, 15) is 0 Å². The Morgan fingerprint density at radius 3 is 3.00 bits per heavy atom. The van der Waals surface area contributed by atoms with E-state index < -0.39 is 0 Å². The molecule has 0 aromatic rings. The molecule has 66 valence electrons. The van der Waals surface area contributed by atoms with Crippen LogP contribution in [0.1, 0.15) is 26.2 Å². The Labute approximate surface area is 69.3 Å². The maximum absolute atomic E-state index is 5.06. The van der Waals surface area contributed by atoms with Gasteiger partial charge in [0, 0.05) is 19.8 Å². The number of nitrogens with one attached hydrogen (secondary N) is 1. The molecule has 0 saturated carbocycles. The average Bonchev–Trinajstić information content (AvgIpc) is 2.01. The Kier molecular flexibility index (Phi) is 3.87. The molecule has 0 spiro atoms. The van der Waals surface area contributed by atoms with Crippen molar-refractivity contribution in [2.45, 2.75) is 32.2 Å². The molecule has 0 amide bonds. The normalized spacial score (nSPS) is 32.2. The zero-order chi connectivity index (χ0) is 8.10. The summed E-state index contributed by atoms with van der Waals surface area (Å²) < 4.78 is 5.06. The molecule has 2 nitrogen and oxygen atoms in total. The van der Waals surface area contributed by atoms with Crippen molar-refractivity contribution in [3.63, 3.8) is 0 Å². The van der Waals surface area contributed by atoms with Crippen molar-refractivity contribution >= 4 is 0 Å². The number of methoxy groups -OCH3 is 1. The number of hydrogen-bond acceptors (Lipinski definition) is 2. The smallest absolute Gasteiger partial charge is 0.0464 e. The molecule has 0 aliphatic carbocycles. The first-order chi connectivity index (χ1) is 5.33. The van der Waals surface area contributed by atoms with Gasteiger partial charge in [0.05, 0.1) is 0 Å². The molecule has 1 aliphatic heterocycles. The van der Waals surface area contributed by atoms with Gasteiger partial charge in [0.15, 0.2) is 0 Å². The molecule has 0 radical (unpaired) electrons. The van der Waals surface area contributed by atoms with E-state index in [1.54, 1.807) is 7.11 Å². The van der Waals surface area contributed by atoms with Crippen LogP contribution < -0.4 is 5.32 Å². The Hall–Kier alpha value is -0.0800. The van der Waals surface area contributed by atoms with E-state index in [1.165, 1.54) is 25.8 Å². The third kappa shape index (κ3) is 3.21. The van der Waals surface area contributed by atoms with Crippen molar-refractivity contribution < 1.29 is 4.74 Å². The number of piperidine rings is 1. The van der Waals surface area contributed by atoms with Crippen LogP contribution >= 0.6 is 0 Å². The highest BCUT2D eigenvalue weighted by Gasteiger charge is 2.17. The minimum atomic E-state index is 0.714. The van der Waals surface area contributed by atoms with Gasteiger partial charge in [0.2, 0.25) is 0 Å². The maximum atomic E-state index is 5.06. The predicted molar refractivity (Wildman–Crippen MR) is 46.7 cm³/mol. The highest BCUT2D eigenvalue weighted by Crippen LogP contribution is 2.18. The second kappa shape index (κ2) is 4.73. The van der Waals surface area contributed by atoms with Crippen molar-refractivity contribution in [2.24, 2.45) is 5.92 Å². The Morgan fingerprint density at radius 2 is 2.36 bits per heavy atom. The summed E-state index contributed by atoms with van der Waals surface area (Å²) in [4.78, 5) is 0. The van der Waals surface area contributed by atoms with E-state index in [2.05, 4.69) is 12.2 Å². The molecule has 2 unspecified atom stereocenters. The van der Waals surface area contributed by atoms with Gasteiger partial charge in [0.1, 0.15) is 0 Å². The molecule has 2 heteroatoms. The lowest BCUT2D eigenvalue weighted by Crippen LogP contribution is -2.36. The fraction of sp³-hybridized carbons (Fsp3) is 1.00. The lowest BCUT2D eigenvalue weighted by atomic mass is 9.91. The molecule has 1 aliphatic rings. The maximum Gasteiger partial charge on any atom is 0.0464 e. The molecule has 1 heterocycles. The van der Waals surface area contributed by atoms with E-state index >= 15 is 0 Å². The molecular weight excluding hydrogens is 138 g/mol. The van der Waals surface area contributed by atoms with Crippen molar-refractivity contribution in [3.8, 4) is 0 Å². The number of rotatable bonds is 3. The highest BCUT2D eigenvalue weighted by atomic mass is 16.5. The fourth-order valence-electron chi connectivity index (χ4n) is 1.78. The van der Waals surface area contributed by atoms with E-state index in [1.807, 2.05) is 0 Å². The van der Waals surface area contributed by atoms with Gasteiger partial charge in [-0.25, -0.2) is 0 Å². The first-order valence-electron chi connectivity index (χ1n) is 4.55. The lowest BCUT2D eigenvalue weighted by Gasteiger charge is -2.27. The zero-order valence-electron chi connectivity index (χ0n) is 7.60. The van der Waals surface area contributed by atoms with Gasteiger partial charge in [-0.15, -0.1) is 0 Å². The molecule has 11 heavy (non-hydrogen) atoms. The van der Waals surface area contributed by atoms with Crippen molar-refractivity contribution in [1.82, 2.24) is 5.32 Å². The first kappa shape index (κ1) is 9.01. The van der Waals surface area contributed by atoms with Crippen LogP contribution in [0.3, 0.4) is 0 Å². The van der Waals surface area contributed by atoms with Gasteiger partial charge >= 0.3 is 0 Å². The molecular formula is C9H19NO. The molecule has 1 fully saturated rings. The molecule has 2 atom stereocenters.